The van der Waals surface area contributed by atoms with Crippen molar-refractivity contribution in [2.24, 2.45) is 0 Å². The Morgan fingerprint density at radius 3 is 2.79 bits per heavy atom. The Kier molecular flexibility index (Phi) is 9.83. The van der Waals surface area contributed by atoms with Gasteiger partial charge in [0.25, 0.3) is 0 Å². The Morgan fingerprint density at radius 1 is 1.32 bits per heavy atom. The van der Waals surface area contributed by atoms with Gasteiger partial charge in [0.2, 0.25) is 0 Å². The number of fused-ring (bicyclic) bond motifs is 1. The number of benzene rings is 1. The predicted molar refractivity (Wildman–Crippen MR) is 126 cm³/mol. The van der Waals surface area contributed by atoms with Crippen LogP contribution in [0.25, 0.3) is 16.5 Å². The highest BCUT2D eigenvalue weighted by atomic mass is 127. The van der Waals surface area contributed by atoms with Crippen molar-refractivity contribution in [1.82, 2.24) is 10.3 Å². The maximum absolute atomic E-state index is 9.84. The van der Waals surface area contributed by atoms with Crippen molar-refractivity contribution in [3.63, 3.8) is 0 Å². The Balaban J connectivity index is 2.21. The number of aliphatic hydroxyl groups excluding tert-OH is 1. The predicted octanol–water partition coefficient (Wildman–Crippen LogP) is 5.07. The monoisotopic (exact) mass is 512 g/mol. The zero-order chi connectivity index (χ0) is 20.4. The van der Waals surface area contributed by atoms with E-state index in [-0.39, 0.29) is 13.2 Å². The third kappa shape index (κ3) is 6.80. The van der Waals surface area contributed by atoms with Gasteiger partial charge in [-0.25, -0.2) is 4.98 Å². The molecule has 1 atom stereocenters. The lowest BCUT2D eigenvalue weighted by Crippen LogP contribution is -2.22. The third-order valence-corrected chi connectivity index (χ3v) is 5.08. The van der Waals surface area contributed by atoms with Gasteiger partial charge in [0, 0.05) is 45.4 Å². The fourth-order valence-corrected chi connectivity index (χ4v) is 3.17. The minimum absolute atomic E-state index is 0.162. The highest BCUT2D eigenvalue weighted by Gasteiger charge is 2.07. The third-order valence-electron chi connectivity index (χ3n) is 4.09. The van der Waals surface area contributed by atoms with Crippen LogP contribution in [-0.4, -0.2) is 36.5 Å². The van der Waals surface area contributed by atoms with Crippen LogP contribution in [0.4, 0.5) is 0 Å². The van der Waals surface area contributed by atoms with Gasteiger partial charge in [-0.15, -0.1) is 0 Å². The molecule has 150 valence electrons. The van der Waals surface area contributed by atoms with Crippen LogP contribution in [0.2, 0.25) is 0 Å². The largest absolute Gasteiger partial charge is 0.491 e. The van der Waals surface area contributed by atoms with E-state index >= 15 is 0 Å². The molecule has 2 N–H and O–H groups in total. The molecule has 0 aliphatic heterocycles. The van der Waals surface area contributed by atoms with Crippen LogP contribution in [0.15, 0.2) is 60.8 Å². The number of rotatable bonds is 11. The summed E-state index contributed by atoms with van der Waals surface area (Å²) >= 11 is 2.01. The lowest BCUT2D eigenvalue weighted by Gasteiger charge is -2.12. The van der Waals surface area contributed by atoms with Crippen molar-refractivity contribution in [1.29, 1.82) is 0 Å². The smallest absolute Gasteiger partial charge is 0.121 e. The van der Waals surface area contributed by atoms with Crippen LogP contribution in [0, 0.1) is 0 Å². The molecule has 0 aliphatic carbocycles. The van der Waals surface area contributed by atoms with Crippen LogP contribution >= 0.6 is 30.4 Å². The Bertz CT molecular complexity index is 849. The highest BCUT2D eigenvalue weighted by Crippen LogP contribution is 2.23. The number of hydrogen-bond donors (Lipinski definition) is 2. The Labute approximate surface area is 182 Å². The van der Waals surface area contributed by atoms with E-state index in [0.29, 0.717) is 5.75 Å². The first-order valence-corrected chi connectivity index (χ1v) is 12.2. The fourth-order valence-electron chi connectivity index (χ4n) is 2.52. The molecule has 2 rings (SSSR count). The molecule has 28 heavy (non-hydrogen) atoms. The molecule has 0 aliphatic rings. The number of nitrogens with zero attached hydrogens (tertiary/aromatic N) is 1. The SMILES string of the molecule is C=C/C(=C\C=C(/CC)NC)c1ccc2ccc(OCC(O)COSI)cc2n1. The Hall–Kier alpha value is -1.55. The first kappa shape index (κ1) is 22.7. The first-order valence-electron chi connectivity index (χ1n) is 8.94. The van der Waals surface area contributed by atoms with Crippen molar-refractivity contribution >= 4 is 46.9 Å². The number of allylic oxidation sites excluding steroid dienone is 5. The summed E-state index contributed by atoms with van der Waals surface area (Å²) in [5.41, 5.74) is 3.75. The second-order valence-electron chi connectivity index (χ2n) is 5.98. The summed E-state index contributed by atoms with van der Waals surface area (Å²) in [5.74, 6) is 0.658. The molecule has 2 aromatic rings. The van der Waals surface area contributed by atoms with Crippen molar-refractivity contribution < 1.29 is 14.0 Å². The normalized spacial score (nSPS) is 13.4. The zero-order valence-corrected chi connectivity index (χ0v) is 19.0. The van der Waals surface area contributed by atoms with Crippen LogP contribution in [0.5, 0.6) is 5.75 Å². The number of aromatic nitrogens is 1. The summed E-state index contributed by atoms with van der Waals surface area (Å²) in [6, 6.07) is 9.72. The number of halogens is 1. The van der Waals surface area contributed by atoms with E-state index in [4.69, 9.17) is 13.9 Å². The minimum Gasteiger partial charge on any atom is -0.491 e. The van der Waals surface area contributed by atoms with E-state index in [0.717, 1.165) is 34.3 Å². The van der Waals surface area contributed by atoms with Crippen molar-refractivity contribution in [2.45, 2.75) is 19.4 Å². The van der Waals surface area contributed by atoms with Crippen LogP contribution < -0.4 is 10.1 Å². The first-order chi connectivity index (χ1) is 13.6. The summed E-state index contributed by atoms with van der Waals surface area (Å²) in [5, 5.41) is 14.0. The number of ether oxygens (including phenoxy) is 1. The second-order valence-corrected chi connectivity index (χ2v) is 7.43. The van der Waals surface area contributed by atoms with Crippen LogP contribution in [-0.2, 0) is 4.18 Å². The summed E-state index contributed by atoms with van der Waals surface area (Å²) in [6.07, 6.45) is 6.10. The molecule has 7 heteroatoms. The molecule has 0 saturated carbocycles. The molecule has 5 nitrogen and oxygen atoms in total. The molecule has 1 unspecified atom stereocenters. The van der Waals surface area contributed by atoms with Gasteiger partial charge in [0.1, 0.15) is 18.5 Å². The van der Waals surface area contributed by atoms with Gasteiger partial charge in [-0.05, 0) is 36.3 Å². The van der Waals surface area contributed by atoms with Crippen molar-refractivity contribution in [3.8, 4) is 5.75 Å². The molecule has 0 fully saturated rings. The second kappa shape index (κ2) is 12.1. The van der Waals surface area contributed by atoms with Crippen molar-refractivity contribution in [2.75, 3.05) is 20.3 Å². The number of hydrogen-bond acceptors (Lipinski definition) is 6. The van der Waals surface area contributed by atoms with Gasteiger partial charge in [-0.1, -0.05) is 31.7 Å². The standard InChI is InChI=1S/C21H25IN2O3S/c1-4-15(6-9-17(5-2)23-3)20-11-8-16-7-10-19(12-21(16)24-20)26-13-18(25)14-27-28-22/h4,6-12,18,23,25H,1,5,13-14H2,2-3H3/b15-6+,17-9+. The van der Waals surface area contributed by atoms with Gasteiger partial charge >= 0.3 is 0 Å². The molecule has 1 aromatic carbocycles. The number of pyridine rings is 1. The molecule has 0 amide bonds. The summed E-state index contributed by atoms with van der Waals surface area (Å²) in [6.45, 7) is 6.39. The maximum Gasteiger partial charge on any atom is 0.121 e. The molecule has 1 aromatic heterocycles. The maximum atomic E-state index is 9.84. The van der Waals surface area contributed by atoms with Crippen LogP contribution in [0.3, 0.4) is 0 Å². The lowest BCUT2D eigenvalue weighted by molar-refractivity contribution is 0.0707. The van der Waals surface area contributed by atoms with Crippen LogP contribution in [0.1, 0.15) is 19.0 Å². The average Bonchev–Trinajstić information content (AvgIpc) is 2.73. The van der Waals surface area contributed by atoms with E-state index < -0.39 is 6.10 Å². The van der Waals surface area contributed by atoms with E-state index in [9.17, 15) is 5.11 Å². The number of aliphatic hydroxyl groups is 1. The minimum atomic E-state index is -0.681. The molecule has 0 saturated heterocycles. The topological polar surface area (TPSA) is 63.6 Å². The molecule has 0 spiro atoms. The Morgan fingerprint density at radius 2 is 2.11 bits per heavy atom. The van der Waals surface area contributed by atoms with Gasteiger partial charge < -0.3 is 19.3 Å². The average molecular weight is 512 g/mol. The van der Waals surface area contributed by atoms with Gasteiger partial charge in [0.15, 0.2) is 0 Å². The fraction of sp³-hybridized carbons (Fsp3) is 0.286. The summed E-state index contributed by atoms with van der Waals surface area (Å²) in [4.78, 5) is 4.75. The van der Waals surface area contributed by atoms with E-state index in [1.807, 2.05) is 70.7 Å². The molecule has 0 bridgehead atoms. The van der Waals surface area contributed by atoms with Gasteiger partial charge in [-0.2, -0.15) is 0 Å². The molecule has 1 heterocycles. The summed E-state index contributed by atoms with van der Waals surface area (Å²) < 4.78 is 10.8. The number of nitrogens with one attached hydrogen (secondary N) is 1. The quantitative estimate of drug-likeness (QED) is 0.249. The van der Waals surface area contributed by atoms with E-state index in [2.05, 4.69) is 18.8 Å². The highest BCUT2D eigenvalue weighted by molar-refractivity contribution is 14.2. The van der Waals surface area contributed by atoms with Gasteiger partial charge in [-0.3, -0.25) is 0 Å². The van der Waals surface area contributed by atoms with Crippen molar-refractivity contribution in [3.05, 3.63) is 66.5 Å². The molecular weight excluding hydrogens is 487 g/mol. The zero-order valence-electron chi connectivity index (χ0n) is 16.0. The summed E-state index contributed by atoms with van der Waals surface area (Å²) in [7, 11) is 3.10. The molecule has 0 radical (unpaired) electrons. The van der Waals surface area contributed by atoms with E-state index in [1.54, 1.807) is 6.08 Å². The van der Waals surface area contributed by atoms with Gasteiger partial charge in [0.05, 0.1) is 27.0 Å². The molecular formula is C21H25IN2O3S. The lowest BCUT2D eigenvalue weighted by atomic mass is 10.1. The van der Waals surface area contributed by atoms with E-state index in [1.165, 1.54) is 9.21 Å².